The van der Waals surface area contributed by atoms with Crippen LogP contribution in [0.4, 0.5) is 11.5 Å². The highest BCUT2D eigenvalue weighted by Crippen LogP contribution is 2.33. The van der Waals surface area contributed by atoms with Crippen molar-refractivity contribution in [3.8, 4) is 11.3 Å². The number of imidazole rings is 1. The number of nitrogens with zero attached hydrogens (tertiary/aromatic N) is 3. The van der Waals surface area contributed by atoms with Gasteiger partial charge in [-0.05, 0) is 37.5 Å². The maximum absolute atomic E-state index is 6.34. The number of likely N-dealkylation sites (N-methyl/N-ethyl adjacent to an activating group) is 1. The van der Waals surface area contributed by atoms with Crippen LogP contribution in [0.2, 0.25) is 0 Å². The predicted octanol–water partition coefficient (Wildman–Crippen LogP) is 3.10. The Kier molecular flexibility index (Phi) is 3.62. The molecule has 0 bridgehead atoms. The zero-order valence-corrected chi connectivity index (χ0v) is 13.2. The summed E-state index contributed by atoms with van der Waals surface area (Å²) in [6.07, 6.45) is 3.17. The minimum Gasteiger partial charge on any atom is -0.383 e. The van der Waals surface area contributed by atoms with Crippen molar-refractivity contribution in [1.29, 1.82) is 0 Å². The van der Waals surface area contributed by atoms with Gasteiger partial charge in [0.2, 0.25) is 0 Å². The lowest BCUT2D eigenvalue weighted by molar-refractivity contribution is 0.690. The van der Waals surface area contributed by atoms with Crippen molar-refractivity contribution in [2.75, 3.05) is 24.2 Å². The molecular weight excluding hydrogens is 260 g/mol. The van der Waals surface area contributed by atoms with Gasteiger partial charge in [0.05, 0.1) is 0 Å². The number of nitrogen functional groups attached to an aromatic ring is 1. The van der Waals surface area contributed by atoms with Crippen molar-refractivity contribution in [2.45, 2.75) is 39.7 Å². The van der Waals surface area contributed by atoms with E-state index in [2.05, 4.69) is 48.6 Å². The van der Waals surface area contributed by atoms with Gasteiger partial charge in [-0.25, -0.2) is 4.98 Å². The fourth-order valence-corrected chi connectivity index (χ4v) is 3.21. The number of anilines is 2. The predicted molar refractivity (Wildman–Crippen MR) is 88.7 cm³/mol. The molecule has 1 aliphatic heterocycles. The maximum atomic E-state index is 6.34. The van der Waals surface area contributed by atoms with Crippen LogP contribution >= 0.6 is 0 Å². The molecule has 21 heavy (non-hydrogen) atoms. The van der Waals surface area contributed by atoms with E-state index < -0.39 is 0 Å². The van der Waals surface area contributed by atoms with Crippen LogP contribution in [0.25, 0.3) is 11.3 Å². The number of aromatic nitrogens is 2. The molecule has 0 aliphatic carbocycles. The minimum absolute atomic E-state index is 0.798. The van der Waals surface area contributed by atoms with Crippen LogP contribution in [0.3, 0.4) is 0 Å². The molecule has 0 spiro atoms. The zero-order chi connectivity index (χ0) is 15.0. The number of aryl methyl sites for hydroxylation is 1. The first kappa shape index (κ1) is 14.0. The molecule has 2 heterocycles. The topological polar surface area (TPSA) is 47.1 Å². The molecule has 0 atom stereocenters. The van der Waals surface area contributed by atoms with Crippen LogP contribution in [0.1, 0.15) is 31.7 Å². The number of nitrogens with two attached hydrogens (primary N) is 1. The molecule has 4 nitrogen and oxygen atoms in total. The standard InChI is InChI=1S/C17H24N4/c1-4-6-15-19-16(17(18)21(15)5-2)13-7-8-14-12(11-13)9-10-20(14)3/h7-8,11H,4-6,9-10,18H2,1-3H3. The smallest absolute Gasteiger partial charge is 0.131 e. The first-order valence-corrected chi connectivity index (χ1v) is 7.85. The summed E-state index contributed by atoms with van der Waals surface area (Å²) in [5.41, 5.74) is 11.2. The van der Waals surface area contributed by atoms with E-state index in [1.165, 1.54) is 11.3 Å². The van der Waals surface area contributed by atoms with Gasteiger partial charge in [0.1, 0.15) is 17.3 Å². The van der Waals surface area contributed by atoms with Crippen LogP contribution in [0.15, 0.2) is 18.2 Å². The lowest BCUT2D eigenvalue weighted by Gasteiger charge is -2.12. The van der Waals surface area contributed by atoms with Gasteiger partial charge in [0, 0.05) is 37.8 Å². The van der Waals surface area contributed by atoms with Crippen molar-refractivity contribution < 1.29 is 0 Å². The van der Waals surface area contributed by atoms with Crippen LogP contribution < -0.4 is 10.6 Å². The Morgan fingerprint density at radius 2 is 2.10 bits per heavy atom. The summed E-state index contributed by atoms with van der Waals surface area (Å²) in [6, 6.07) is 6.60. The van der Waals surface area contributed by atoms with Crippen molar-refractivity contribution in [3.63, 3.8) is 0 Å². The molecule has 1 aromatic carbocycles. The van der Waals surface area contributed by atoms with Gasteiger partial charge in [-0.3, -0.25) is 0 Å². The van der Waals surface area contributed by atoms with Gasteiger partial charge in [-0.15, -0.1) is 0 Å². The molecule has 0 amide bonds. The van der Waals surface area contributed by atoms with E-state index in [-0.39, 0.29) is 0 Å². The third-order valence-corrected chi connectivity index (χ3v) is 4.36. The average Bonchev–Trinajstić information content (AvgIpc) is 3.00. The summed E-state index contributed by atoms with van der Waals surface area (Å²) in [7, 11) is 2.14. The fraction of sp³-hybridized carbons (Fsp3) is 0.471. The van der Waals surface area contributed by atoms with Crippen molar-refractivity contribution in [1.82, 2.24) is 9.55 Å². The highest BCUT2D eigenvalue weighted by molar-refractivity contribution is 5.75. The molecule has 1 aromatic heterocycles. The molecule has 112 valence electrons. The summed E-state index contributed by atoms with van der Waals surface area (Å²) < 4.78 is 2.14. The molecule has 2 N–H and O–H groups in total. The maximum Gasteiger partial charge on any atom is 0.131 e. The first-order chi connectivity index (χ1) is 10.2. The summed E-state index contributed by atoms with van der Waals surface area (Å²) in [4.78, 5) is 7.11. The van der Waals surface area contributed by atoms with E-state index in [4.69, 9.17) is 10.7 Å². The number of benzene rings is 1. The third-order valence-electron chi connectivity index (χ3n) is 4.36. The van der Waals surface area contributed by atoms with E-state index in [0.29, 0.717) is 0 Å². The quantitative estimate of drug-likeness (QED) is 0.938. The molecule has 4 heteroatoms. The van der Waals surface area contributed by atoms with E-state index >= 15 is 0 Å². The molecule has 1 aliphatic rings. The van der Waals surface area contributed by atoms with Crippen LogP contribution in [0, 0.1) is 0 Å². The molecule has 3 rings (SSSR count). The molecule has 0 unspecified atom stereocenters. The Morgan fingerprint density at radius 1 is 1.29 bits per heavy atom. The van der Waals surface area contributed by atoms with Gasteiger partial charge in [-0.1, -0.05) is 13.0 Å². The first-order valence-electron chi connectivity index (χ1n) is 7.85. The van der Waals surface area contributed by atoms with Crippen LogP contribution in [0.5, 0.6) is 0 Å². The number of rotatable bonds is 4. The SMILES string of the molecule is CCCc1nc(-c2ccc3c(c2)CCN3C)c(N)n1CC. The molecule has 0 saturated carbocycles. The number of hydrogen-bond acceptors (Lipinski definition) is 3. The monoisotopic (exact) mass is 284 g/mol. The molecule has 2 aromatic rings. The highest BCUT2D eigenvalue weighted by atomic mass is 15.1. The van der Waals surface area contributed by atoms with Gasteiger partial charge in [0.15, 0.2) is 0 Å². The van der Waals surface area contributed by atoms with Gasteiger partial charge < -0.3 is 15.2 Å². The van der Waals surface area contributed by atoms with Crippen LogP contribution in [-0.2, 0) is 19.4 Å². The van der Waals surface area contributed by atoms with Gasteiger partial charge >= 0.3 is 0 Å². The number of fused-ring (bicyclic) bond motifs is 1. The van der Waals surface area contributed by atoms with E-state index in [1.807, 2.05) is 0 Å². The van der Waals surface area contributed by atoms with Gasteiger partial charge in [0.25, 0.3) is 0 Å². The third kappa shape index (κ3) is 2.28. The average molecular weight is 284 g/mol. The molecule has 0 radical (unpaired) electrons. The summed E-state index contributed by atoms with van der Waals surface area (Å²) >= 11 is 0. The zero-order valence-electron chi connectivity index (χ0n) is 13.2. The Balaban J connectivity index is 2.05. The normalized spacial score (nSPS) is 13.8. The Bertz CT molecular complexity index is 657. The highest BCUT2D eigenvalue weighted by Gasteiger charge is 2.19. The van der Waals surface area contributed by atoms with Crippen LogP contribution in [-0.4, -0.2) is 23.1 Å². The Morgan fingerprint density at radius 3 is 2.81 bits per heavy atom. The van der Waals surface area contributed by atoms with Crippen molar-refractivity contribution in [3.05, 3.63) is 29.6 Å². The molecular formula is C17H24N4. The van der Waals surface area contributed by atoms with E-state index in [9.17, 15) is 0 Å². The second kappa shape index (κ2) is 5.43. The summed E-state index contributed by atoms with van der Waals surface area (Å²) in [5.74, 6) is 1.90. The second-order valence-electron chi connectivity index (χ2n) is 5.77. The van der Waals surface area contributed by atoms with Gasteiger partial charge in [-0.2, -0.15) is 0 Å². The Labute approximate surface area is 126 Å². The Hall–Kier alpha value is -1.97. The summed E-state index contributed by atoms with van der Waals surface area (Å²) in [5, 5.41) is 0. The second-order valence-corrected chi connectivity index (χ2v) is 5.77. The largest absolute Gasteiger partial charge is 0.383 e. The van der Waals surface area contributed by atoms with Crippen molar-refractivity contribution in [2.24, 2.45) is 0 Å². The van der Waals surface area contributed by atoms with Crippen molar-refractivity contribution >= 4 is 11.5 Å². The van der Waals surface area contributed by atoms with E-state index in [0.717, 1.165) is 55.3 Å². The molecule has 0 saturated heterocycles. The number of hydrogen-bond donors (Lipinski definition) is 1. The molecule has 0 fully saturated rings. The summed E-state index contributed by atoms with van der Waals surface area (Å²) in [6.45, 7) is 6.27. The van der Waals surface area contributed by atoms with E-state index in [1.54, 1.807) is 0 Å². The minimum atomic E-state index is 0.798. The lowest BCUT2D eigenvalue weighted by atomic mass is 10.1. The lowest BCUT2D eigenvalue weighted by Crippen LogP contribution is -2.12. The fourth-order valence-electron chi connectivity index (χ4n) is 3.21.